The van der Waals surface area contributed by atoms with Gasteiger partial charge in [0.1, 0.15) is 6.04 Å². The maximum Gasteiger partial charge on any atom is 0.308 e. The van der Waals surface area contributed by atoms with Crippen LogP contribution in [-0.2, 0) is 21.4 Å². The zero-order chi connectivity index (χ0) is 22.2. The molecule has 0 saturated heterocycles. The first-order chi connectivity index (χ1) is 14.0. The Morgan fingerprint density at radius 2 is 1.93 bits per heavy atom. The van der Waals surface area contributed by atoms with E-state index >= 15 is 0 Å². The first-order valence-electron chi connectivity index (χ1n) is 8.91. The van der Waals surface area contributed by atoms with E-state index in [-0.39, 0.29) is 20.6 Å². The summed E-state index contributed by atoms with van der Waals surface area (Å²) in [5, 5.41) is 3.15. The molecule has 0 aliphatic carbocycles. The number of anilines is 2. The quantitative estimate of drug-likeness (QED) is 0.564. The third kappa shape index (κ3) is 4.49. The molecule has 0 unspecified atom stereocenters. The molecule has 11 heteroatoms. The number of halogens is 2. The van der Waals surface area contributed by atoms with Crippen LogP contribution in [0.5, 0.6) is 0 Å². The second kappa shape index (κ2) is 8.58. The average Bonchev–Trinajstić information content (AvgIpc) is 2.97. The van der Waals surface area contributed by atoms with Crippen molar-refractivity contribution >= 4 is 72.1 Å². The number of rotatable bonds is 6. The van der Waals surface area contributed by atoms with E-state index in [2.05, 4.69) is 5.32 Å². The maximum atomic E-state index is 12.9. The van der Waals surface area contributed by atoms with Crippen LogP contribution in [0.2, 0.25) is 10.0 Å². The Hall–Kier alpha value is -2.07. The number of aryl methyl sites for hydroxylation is 1. The van der Waals surface area contributed by atoms with Gasteiger partial charge in [-0.2, -0.15) is 0 Å². The molecule has 1 heterocycles. The van der Waals surface area contributed by atoms with Crippen molar-refractivity contribution in [3.8, 4) is 0 Å². The Kier molecular flexibility index (Phi) is 6.47. The van der Waals surface area contributed by atoms with Crippen LogP contribution in [0.1, 0.15) is 13.8 Å². The fourth-order valence-corrected chi connectivity index (χ4v) is 5.72. The third-order valence-corrected chi connectivity index (χ3v) is 7.21. The summed E-state index contributed by atoms with van der Waals surface area (Å²) >= 11 is 13.3. The van der Waals surface area contributed by atoms with Gasteiger partial charge in [-0.15, -0.1) is 0 Å². The molecule has 1 N–H and O–H groups in total. The van der Waals surface area contributed by atoms with Gasteiger partial charge in [0.25, 0.3) is 0 Å². The zero-order valence-corrected chi connectivity index (χ0v) is 19.5. The van der Waals surface area contributed by atoms with Crippen LogP contribution >= 0.6 is 34.5 Å². The highest BCUT2D eigenvalue weighted by molar-refractivity contribution is 7.92. The molecule has 30 heavy (non-hydrogen) atoms. The highest BCUT2D eigenvalue weighted by Crippen LogP contribution is 2.32. The number of aromatic nitrogens is 1. The molecular formula is C19H19Cl2N3O4S2. The Morgan fingerprint density at radius 1 is 1.23 bits per heavy atom. The molecule has 0 spiro atoms. The molecule has 0 aliphatic rings. The van der Waals surface area contributed by atoms with Gasteiger partial charge in [0.2, 0.25) is 15.9 Å². The summed E-state index contributed by atoms with van der Waals surface area (Å²) in [5.74, 6) is -0.557. The normalized spacial score (nSPS) is 12.7. The summed E-state index contributed by atoms with van der Waals surface area (Å²) in [5.41, 5.74) is 1.35. The first-order valence-corrected chi connectivity index (χ1v) is 12.3. The van der Waals surface area contributed by atoms with E-state index in [1.54, 1.807) is 22.8 Å². The third-order valence-electron chi connectivity index (χ3n) is 4.49. The van der Waals surface area contributed by atoms with Crippen LogP contribution in [0.15, 0.2) is 41.2 Å². The Labute approximate surface area is 187 Å². The van der Waals surface area contributed by atoms with Crippen molar-refractivity contribution in [2.45, 2.75) is 26.4 Å². The number of nitrogens with one attached hydrogen (secondary N) is 1. The number of hydrogen-bond acceptors (Lipinski definition) is 5. The molecular weight excluding hydrogens is 469 g/mol. The summed E-state index contributed by atoms with van der Waals surface area (Å²) in [6.07, 6.45) is 0.991. The summed E-state index contributed by atoms with van der Waals surface area (Å²) in [7, 11) is -3.85. The topological polar surface area (TPSA) is 88.5 Å². The van der Waals surface area contributed by atoms with E-state index in [9.17, 15) is 18.0 Å². The fourth-order valence-electron chi connectivity index (χ4n) is 3.13. The molecule has 3 rings (SSSR count). The fraction of sp³-hybridized carbons (Fsp3) is 0.263. The molecule has 1 amide bonds. The Balaban J connectivity index is 1.93. The Morgan fingerprint density at radius 3 is 2.57 bits per heavy atom. The van der Waals surface area contributed by atoms with Gasteiger partial charge in [0.05, 0.1) is 27.2 Å². The lowest BCUT2D eigenvalue weighted by atomic mass is 10.2. The predicted octanol–water partition coefficient (Wildman–Crippen LogP) is 4.18. The van der Waals surface area contributed by atoms with E-state index in [1.807, 2.05) is 6.92 Å². The molecule has 3 aromatic rings. The van der Waals surface area contributed by atoms with Crippen LogP contribution in [0.4, 0.5) is 11.4 Å². The van der Waals surface area contributed by atoms with Crippen molar-refractivity contribution in [2.75, 3.05) is 15.9 Å². The molecule has 0 radical (unpaired) electrons. The Bertz CT molecular complexity index is 1280. The van der Waals surface area contributed by atoms with Gasteiger partial charge in [0.15, 0.2) is 0 Å². The van der Waals surface area contributed by atoms with Gasteiger partial charge in [-0.3, -0.25) is 18.5 Å². The number of carbonyl (C=O) groups excluding carboxylic acids is 1. The second-order valence-corrected chi connectivity index (χ2v) is 10.3. The van der Waals surface area contributed by atoms with Crippen LogP contribution < -0.4 is 14.5 Å². The number of hydrogen-bond donors (Lipinski definition) is 1. The highest BCUT2D eigenvalue weighted by Gasteiger charge is 2.31. The lowest BCUT2D eigenvalue weighted by molar-refractivity contribution is -0.116. The van der Waals surface area contributed by atoms with Gasteiger partial charge in [-0.05, 0) is 50.2 Å². The summed E-state index contributed by atoms with van der Waals surface area (Å²) in [4.78, 5) is 24.8. The number of thiazole rings is 1. The molecule has 0 bridgehead atoms. The van der Waals surface area contributed by atoms with E-state index in [1.165, 1.54) is 25.1 Å². The molecule has 0 aliphatic heterocycles. The number of fused-ring (bicyclic) bond motifs is 1. The molecule has 160 valence electrons. The first kappa shape index (κ1) is 22.6. The second-order valence-electron chi connectivity index (χ2n) is 6.61. The molecule has 0 saturated carbocycles. The van der Waals surface area contributed by atoms with E-state index in [0.29, 0.717) is 12.2 Å². The minimum atomic E-state index is -3.85. The van der Waals surface area contributed by atoms with Crippen LogP contribution in [0, 0.1) is 0 Å². The van der Waals surface area contributed by atoms with E-state index in [0.717, 1.165) is 32.1 Å². The number of benzene rings is 2. The lowest BCUT2D eigenvalue weighted by Crippen LogP contribution is -2.45. The summed E-state index contributed by atoms with van der Waals surface area (Å²) < 4.78 is 28.2. The summed E-state index contributed by atoms with van der Waals surface area (Å²) in [6.45, 7) is 3.88. The van der Waals surface area contributed by atoms with Crippen LogP contribution in [0.25, 0.3) is 10.2 Å². The van der Waals surface area contributed by atoms with Gasteiger partial charge in [0, 0.05) is 17.3 Å². The number of carbonyl (C=O) groups is 1. The molecule has 7 nitrogen and oxygen atoms in total. The van der Waals surface area contributed by atoms with Crippen molar-refractivity contribution in [1.29, 1.82) is 0 Å². The van der Waals surface area contributed by atoms with Crippen molar-refractivity contribution < 1.29 is 13.2 Å². The van der Waals surface area contributed by atoms with Gasteiger partial charge in [-0.1, -0.05) is 34.5 Å². The minimum absolute atomic E-state index is 0.0804. The van der Waals surface area contributed by atoms with Crippen molar-refractivity contribution in [3.05, 3.63) is 56.1 Å². The molecule has 0 fully saturated rings. The van der Waals surface area contributed by atoms with Crippen molar-refractivity contribution in [2.24, 2.45) is 0 Å². The monoisotopic (exact) mass is 487 g/mol. The average molecular weight is 488 g/mol. The lowest BCUT2D eigenvalue weighted by Gasteiger charge is -2.29. The predicted molar refractivity (Wildman–Crippen MR) is 124 cm³/mol. The van der Waals surface area contributed by atoms with Crippen molar-refractivity contribution in [3.63, 3.8) is 0 Å². The van der Waals surface area contributed by atoms with Gasteiger partial charge >= 0.3 is 4.87 Å². The highest BCUT2D eigenvalue weighted by atomic mass is 35.5. The van der Waals surface area contributed by atoms with E-state index in [4.69, 9.17) is 23.2 Å². The number of amides is 1. The summed E-state index contributed by atoms with van der Waals surface area (Å²) in [6, 6.07) is 8.39. The molecule has 1 atom stereocenters. The molecule has 1 aromatic heterocycles. The number of sulfonamides is 1. The minimum Gasteiger partial charge on any atom is -0.324 e. The van der Waals surface area contributed by atoms with Gasteiger partial charge in [-0.25, -0.2) is 8.42 Å². The maximum absolute atomic E-state index is 12.9. The number of nitrogens with zero attached hydrogens (tertiary/aromatic N) is 2. The zero-order valence-electron chi connectivity index (χ0n) is 16.3. The van der Waals surface area contributed by atoms with Crippen molar-refractivity contribution in [1.82, 2.24) is 4.57 Å². The van der Waals surface area contributed by atoms with Crippen LogP contribution in [0.3, 0.4) is 0 Å². The SMILES string of the molecule is CCn1c(=O)sc2cc(NC(=O)[C@H](C)N(c3cc(Cl)ccc3Cl)S(C)(=O)=O)ccc21. The molecule has 2 aromatic carbocycles. The van der Waals surface area contributed by atoms with Gasteiger partial charge < -0.3 is 5.32 Å². The standard InChI is InChI=1S/C19H19Cl2N3O4S2/c1-4-23-15-8-6-13(10-17(15)29-19(23)26)22-18(25)11(2)24(30(3,27)28)16-9-12(20)5-7-14(16)21/h5-11H,4H2,1-3H3,(H,22,25)/t11-/m0/s1. The smallest absolute Gasteiger partial charge is 0.308 e. The van der Waals surface area contributed by atoms with E-state index < -0.39 is 22.0 Å². The largest absolute Gasteiger partial charge is 0.324 e. The van der Waals surface area contributed by atoms with Crippen LogP contribution in [-0.4, -0.2) is 31.2 Å².